The van der Waals surface area contributed by atoms with Crippen LogP contribution in [0.25, 0.3) is 0 Å². The molecule has 2 heterocycles. The molecule has 0 atom stereocenters. The van der Waals surface area contributed by atoms with Gasteiger partial charge in [0.1, 0.15) is 17.2 Å². The van der Waals surface area contributed by atoms with Crippen LogP contribution in [-0.4, -0.2) is 22.7 Å². The van der Waals surface area contributed by atoms with Crippen molar-refractivity contribution >= 4 is 11.6 Å². The minimum absolute atomic E-state index is 0.00898. The molecule has 0 saturated carbocycles. The molecule has 3 rings (SSSR count). The number of hydrogen-bond donors (Lipinski definition) is 1. The standard InChI is InChI=1S/C15H17N3O4/c1-15(2,3)14-17-12(22-18-14)8-21-10-6-4-5-9-13(10)16-11(19)7-20-9/h4-6H,7-8H2,1-3H3,(H,16,19). The lowest BCUT2D eigenvalue weighted by Gasteiger charge is -2.20. The molecule has 0 radical (unpaired) electrons. The van der Waals surface area contributed by atoms with E-state index in [0.717, 1.165) is 0 Å². The summed E-state index contributed by atoms with van der Waals surface area (Å²) in [5, 5.41) is 6.68. The Morgan fingerprint density at radius 3 is 2.91 bits per heavy atom. The van der Waals surface area contributed by atoms with Crippen molar-refractivity contribution in [2.24, 2.45) is 0 Å². The molecule has 7 heteroatoms. The van der Waals surface area contributed by atoms with Gasteiger partial charge in [-0.15, -0.1) is 0 Å². The van der Waals surface area contributed by atoms with Crippen LogP contribution < -0.4 is 14.8 Å². The highest BCUT2D eigenvalue weighted by molar-refractivity contribution is 5.97. The van der Waals surface area contributed by atoms with E-state index in [1.807, 2.05) is 20.8 Å². The SMILES string of the molecule is CC(C)(C)c1noc(COc2cccc3c2NC(=O)CO3)n1. The van der Waals surface area contributed by atoms with Crippen molar-refractivity contribution in [3.63, 3.8) is 0 Å². The Labute approximate surface area is 127 Å². The third kappa shape index (κ3) is 2.88. The predicted molar refractivity (Wildman–Crippen MR) is 77.9 cm³/mol. The van der Waals surface area contributed by atoms with Gasteiger partial charge in [-0.3, -0.25) is 4.79 Å². The first-order valence-corrected chi connectivity index (χ1v) is 6.95. The van der Waals surface area contributed by atoms with Crippen molar-refractivity contribution in [2.45, 2.75) is 32.8 Å². The fourth-order valence-corrected chi connectivity index (χ4v) is 1.95. The number of carbonyl (C=O) groups is 1. The third-order valence-electron chi connectivity index (χ3n) is 3.10. The molecule has 2 aromatic rings. The van der Waals surface area contributed by atoms with E-state index in [-0.39, 0.29) is 24.5 Å². The third-order valence-corrected chi connectivity index (χ3v) is 3.10. The monoisotopic (exact) mass is 303 g/mol. The lowest BCUT2D eigenvalue weighted by molar-refractivity contribution is -0.118. The lowest BCUT2D eigenvalue weighted by Crippen LogP contribution is -2.25. The maximum Gasteiger partial charge on any atom is 0.264 e. The second-order valence-corrected chi connectivity index (χ2v) is 6.02. The summed E-state index contributed by atoms with van der Waals surface area (Å²) in [5.41, 5.74) is 0.337. The molecule has 0 aliphatic carbocycles. The number of fused-ring (bicyclic) bond motifs is 1. The van der Waals surface area contributed by atoms with Crippen LogP contribution in [-0.2, 0) is 16.8 Å². The van der Waals surface area contributed by atoms with Crippen LogP contribution in [0.2, 0.25) is 0 Å². The molecule has 1 aromatic carbocycles. The van der Waals surface area contributed by atoms with E-state index < -0.39 is 0 Å². The fourth-order valence-electron chi connectivity index (χ4n) is 1.95. The molecule has 116 valence electrons. The Kier molecular flexibility index (Phi) is 3.48. The first-order chi connectivity index (χ1) is 10.4. The molecule has 0 unspecified atom stereocenters. The molecule has 7 nitrogen and oxygen atoms in total. The topological polar surface area (TPSA) is 86.5 Å². The van der Waals surface area contributed by atoms with Gasteiger partial charge in [0.05, 0.1) is 0 Å². The minimum Gasteiger partial charge on any atom is -0.481 e. The van der Waals surface area contributed by atoms with Crippen molar-refractivity contribution in [3.8, 4) is 11.5 Å². The molecule has 22 heavy (non-hydrogen) atoms. The summed E-state index contributed by atoms with van der Waals surface area (Å²) in [5.74, 6) is 1.87. The van der Waals surface area contributed by atoms with Gasteiger partial charge in [-0.05, 0) is 12.1 Å². The maximum absolute atomic E-state index is 11.4. The van der Waals surface area contributed by atoms with E-state index in [0.29, 0.717) is 28.9 Å². The molecule has 1 N–H and O–H groups in total. The number of nitrogens with zero attached hydrogens (tertiary/aromatic N) is 2. The van der Waals surface area contributed by atoms with Gasteiger partial charge in [0.25, 0.3) is 11.8 Å². The van der Waals surface area contributed by atoms with Gasteiger partial charge in [-0.2, -0.15) is 4.98 Å². The lowest BCUT2D eigenvalue weighted by atomic mass is 9.96. The zero-order valence-corrected chi connectivity index (χ0v) is 12.7. The number of para-hydroxylation sites is 1. The molecule has 0 spiro atoms. The summed E-state index contributed by atoms with van der Waals surface area (Å²) in [7, 11) is 0. The quantitative estimate of drug-likeness (QED) is 0.936. The number of amides is 1. The van der Waals surface area contributed by atoms with E-state index in [9.17, 15) is 4.79 Å². The number of hydrogen-bond acceptors (Lipinski definition) is 6. The Balaban J connectivity index is 1.75. The highest BCUT2D eigenvalue weighted by Crippen LogP contribution is 2.36. The molecular weight excluding hydrogens is 286 g/mol. The van der Waals surface area contributed by atoms with Crippen molar-refractivity contribution < 1.29 is 18.8 Å². The summed E-state index contributed by atoms with van der Waals surface area (Å²) >= 11 is 0. The van der Waals surface area contributed by atoms with Gasteiger partial charge >= 0.3 is 0 Å². The fraction of sp³-hybridized carbons (Fsp3) is 0.400. The van der Waals surface area contributed by atoms with Crippen LogP contribution in [0, 0.1) is 0 Å². The van der Waals surface area contributed by atoms with Gasteiger partial charge in [-0.1, -0.05) is 32.0 Å². The van der Waals surface area contributed by atoms with Gasteiger partial charge < -0.3 is 19.3 Å². The molecule has 1 amide bonds. The Morgan fingerprint density at radius 2 is 2.18 bits per heavy atom. The van der Waals surface area contributed by atoms with Gasteiger partial charge in [0.2, 0.25) is 0 Å². The zero-order valence-electron chi connectivity index (χ0n) is 12.7. The summed E-state index contributed by atoms with van der Waals surface area (Å²) in [6.07, 6.45) is 0. The molecule has 1 aromatic heterocycles. The number of benzene rings is 1. The highest BCUT2D eigenvalue weighted by atomic mass is 16.5. The average Bonchev–Trinajstić information content (AvgIpc) is 2.94. The van der Waals surface area contributed by atoms with Crippen LogP contribution in [0.5, 0.6) is 11.5 Å². The van der Waals surface area contributed by atoms with E-state index in [1.165, 1.54) is 0 Å². The van der Waals surface area contributed by atoms with Crippen molar-refractivity contribution in [3.05, 3.63) is 29.9 Å². The zero-order chi connectivity index (χ0) is 15.7. The number of aromatic nitrogens is 2. The van der Waals surface area contributed by atoms with Crippen LogP contribution >= 0.6 is 0 Å². The smallest absolute Gasteiger partial charge is 0.264 e. The van der Waals surface area contributed by atoms with Crippen molar-refractivity contribution in [1.29, 1.82) is 0 Å². The number of ether oxygens (including phenoxy) is 2. The van der Waals surface area contributed by atoms with Crippen molar-refractivity contribution in [1.82, 2.24) is 10.1 Å². The van der Waals surface area contributed by atoms with Crippen molar-refractivity contribution in [2.75, 3.05) is 11.9 Å². The summed E-state index contributed by atoms with van der Waals surface area (Å²) in [4.78, 5) is 15.7. The summed E-state index contributed by atoms with van der Waals surface area (Å²) in [6.45, 7) is 6.14. The predicted octanol–water partition coefficient (Wildman–Crippen LogP) is 2.28. The number of rotatable bonds is 3. The average molecular weight is 303 g/mol. The molecule has 0 bridgehead atoms. The van der Waals surface area contributed by atoms with Gasteiger partial charge in [-0.25, -0.2) is 0 Å². The Bertz CT molecular complexity index is 703. The minimum atomic E-state index is -0.212. The van der Waals surface area contributed by atoms with Gasteiger partial charge in [0.15, 0.2) is 19.0 Å². The Morgan fingerprint density at radius 1 is 1.36 bits per heavy atom. The molecule has 0 fully saturated rings. The molecule has 1 aliphatic heterocycles. The van der Waals surface area contributed by atoms with Gasteiger partial charge in [0, 0.05) is 5.41 Å². The van der Waals surface area contributed by atoms with Crippen LogP contribution in [0.3, 0.4) is 0 Å². The Hall–Kier alpha value is -2.57. The molecule has 1 aliphatic rings. The second-order valence-electron chi connectivity index (χ2n) is 6.02. The number of anilines is 1. The number of carbonyl (C=O) groups excluding carboxylic acids is 1. The van der Waals surface area contributed by atoms with E-state index in [1.54, 1.807) is 18.2 Å². The van der Waals surface area contributed by atoms with Crippen LogP contribution in [0.15, 0.2) is 22.7 Å². The maximum atomic E-state index is 11.4. The largest absolute Gasteiger partial charge is 0.481 e. The summed E-state index contributed by atoms with van der Waals surface area (Å²) in [6, 6.07) is 5.31. The second kappa shape index (κ2) is 5.32. The van der Waals surface area contributed by atoms with Crippen LogP contribution in [0.1, 0.15) is 32.5 Å². The highest BCUT2D eigenvalue weighted by Gasteiger charge is 2.22. The molecular formula is C15H17N3O4. The van der Waals surface area contributed by atoms with E-state index in [4.69, 9.17) is 14.0 Å². The van der Waals surface area contributed by atoms with Crippen LogP contribution in [0.4, 0.5) is 5.69 Å². The van der Waals surface area contributed by atoms with E-state index >= 15 is 0 Å². The first-order valence-electron chi connectivity index (χ1n) is 6.95. The molecule has 0 saturated heterocycles. The summed E-state index contributed by atoms with van der Waals surface area (Å²) < 4.78 is 16.2. The normalized spacial score (nSPS) is 14.0. The number of nitrogens with one attached hydrogen (secondary N) is 1. The van der Waals surface area contributed by atoms with E-state index in [2.05, 4.69) is 15.5 Å². The first kappa shape index (κ1) is 14.4.